The molecule has 6 nitrogen and oxygen atoms in total. The van der Waals surface area contributed by atoms with E-state index in [0.717, 1.165) is 16.8 Å². The van der Waals surface area contributed by atoms with Crippen LogP contribution in [0, 0.1) is 13.8 Å². The van der Waals surface area contributed by atoms with E-state index in [2.05, 4.69) is 20.9 Å². The van der Waals surface area contributed by atoms with Crippen molar-refractivity contribution < 1.29 is 9.59 Å². The summed E-state index contributed by atoms with van der Waals surface area (Å²) in [4.78, 5) is 28.7. The van der Waals surface area contributed by atoms with Crippen molar-refractivity contribution in [2.24, 2.45) is 4.99 Å². The van der Waals surface area contributed by atoms with Gasteiger partial charge < -0.3 is 10.6 Å². The smallest absolute Gasteiger partial charge is 0.249 e. The number of benzene rings is 2. The van der Waals surface area contributed by atoms with Crippen LogP contribution in [0.15, 0.2) is 53.5 Å². The molecule has 0 saturated carbocycles. The van der Waals surface area contributed by atoms with Gasteiger partial charge in [-0.2, -0.15) is 0 Å². The van der Waals surface area contributed by atoms with Crippen molar-refractivity contribution in [3.05, 3.63) is 59.7 Å². The zero-order valence-corrected chi connectivity index (χ0v) is 14.2. The maximum absolute atomic E-state index is 12.5. The molecule has 1 heterocycles. The van der Waals surface area contributed by atoms with Crippen LogP contribution in [0.25, 0.3) is 0 Å². The van der Waals surface area contributed by atoms with Crippen LogP contribution in [0.1, 0.15) is 17.5 Å². The summed E-state index contributed by atoms with van der Waals surface area (Å²) in [5.41, 5.74) is 3.74. The standard InChI is InChI=1S/C19H20N4O2/c1-12-8-9-15(10-13(12)2)20-18(25)16-11-17(24)23-19(22-16)21-14-6-4-3-5-7-14/h3-10,16H,11H2,1-2H3,(H,20,25)(H2,21,22,23,24)/t16-/m0/s1. The number of rotatable bonds is 3. The summed E-state index contributed by atoms with van der Waals surface area (Å²) in [6.45, 7) is 4.00. The summed E-state index contributed by atoms with van der Waals surface area (Å²) in [5.74, 6) is -0.262. The van der Waals surface area contributed by atoms with E-state index in [-0.39, 0.29) is 24.2 Å². The molecule has 0 bridgehead atoms. The quantitative estimate of drug-likeness (QED) is 0.806. The number of nitrogens with zero attached hydrogens (tertiary/aromatic N) is 1. The summed E-state index contributed by atoms with van der Waals surface area (Å²) >= 11 is 0. The molecule has 0 aromatic heterocycles. The molecule has 0 saturated heterocycles. The van der Waals surface area contributed by atoms with Gasteiger partial charge in [-0.1, -0.05) is 24.3 Å². The van der Waals surface area contributed by atoms with Crippen LogP contribution in [-0.4, -0.2) is 23.8 Å². The molecule has 0 spiro atoms. The van der Waals surface area contributed by atoms with Gasteiger partial charge in [0.25, 0.3) is 0 Å². The van der Waals surface area contributed by atoms with Crippen molar-refractivity contribution in [1.82, 2.24) is 5.32 Å². The summed E-state index contributed by atoms with van der Waals surface area (Å²) in [7, 11) is 0. The van der Waals surface area contributed by atoms with E-state index in [9.17, 15) is 9.59 Å². The molecule has 25 heavy (non-hydrogen) atoms. The Kier molecular flexibility index (Phi) is 4.79. The molecule has 128 valence electrons. The van der Waals surface area contributed by atoms with Gasteiger partial charge in [-0.25, -0.2) is 4.99 Å². The SMILES string of the molecule is Cc1ccc(NC(=O)[C@@H]2CC(=O)NC(Nc3ccccc3)=N2)cc1C. The number of carbonyl (C=O) groups is 2. The van der Waals surface area contributed by atoms with E-state index < -0.39 is 6.04 Å². The molecule has 6 heteroatoms. The lowest BCUT2D eigenvalue weighted by Crippen LogP contribution is -2.45. The first-order valence-electron chi connectivity index (χ1n) is 8.09. The summed E-state index contributed by atoms with van der Waals surface area (Å²) in [5, 5.41) is 8.50. The molecule has 1 aliphatic heterocycles. The Balaban J connectivity index is 1.73. The Hall–Kier alpha value is -3.15. The third-order valence-electron chi connectivity index (χ3n) is 4.04. The Labute approximate surface area is 146 Å². The van der Waals surface area contributed by atoms with Crippen molar-refractivity contribution in [2.75, 3.05) is 10.6 Å². The molecule has 1 atom stereocenters. The molecule has 2 aromatic carbocycles. The molecule has 0 aliphatic carbocycles. The normalized spacial score (nSPS) is 16.6. The van der Waals surface area contributed by atoms with Gasteiger partial charge in [-0.3, -0.25) is 14.9 Å². The number of aliphatic imine (C=N–C) groups is 1. The van der Waals surface area contributed by atoms with E-state index >= 15 is 0 Å². The number of hydrogen-bond acceptors (Lipinski definition) is 4. The molecule has 2 aromatic rings. The van der Waals surface area contributed by atoms with Crippen molar-refractivity contribution >= 4 is 29.1 Å². The molecule has 0 radical (unpaired) electrons. The van der Waals surface area contributed by atoms with E-state index in [1.807, 2.05) is 62.4 Å². The molecule has 2 amide bonds. The van der Waals surface area contributed by atoms with Gasteiger partial charge in [0.05, 0.1) is 6.42 Å². The maximum Gasteiger partial charge on any atom is 0.249 e. The Bertz CT molecular complexity index is 831. The number of nitrogens with one attached hydrogen (secondary N) is 3. The van der Waals surface area contributed by atoms with E-state index in [1.54, 1.807) is 0 Å². The van der Waals surface area contributed by atoms with Crippen LogP contribution >= 0.6 is 0 Å². The topological polar surface area (TPSA) is 82.6 Å². The summed E-state index contributed by atoms with van der Waals surface area (Å²) < 4.78 is 0. The lowest BCUT2D eigenvalue weighted by atomic mass is 10.1. The fourth-order valence-corrected chi connectivity index (χ4v) is 2.51. The minimum atomic E-state index is -0.762. The molecule has 0 fully saturated rings. The second kappa shape index (κ2) is 7.17. The third kappa shape index (κ3) is 4.23. The Morgan fingerprint density at radius 3 is 2.56 bits per heavy atom. The average molecular weight is 336 g/mol. The first-order chi connectivity index (χ1) is 12.0. The first-order valence-corrected chi connectivity index (χ1v) is 8.09. The highest BCUT2D eigenvalue weighted by atomic mass is 16.2. The van der Waals surface area contributed by atoms with Crippen molar-refractivity contribution in [3.8, 4) is 0 Å². The highest BCUT2D eigenvalue weighted by molar-refractivity contribution is 6.10. The number of carbonyl (C=O) groups excluding carboxylic acids is 2. The molecular formula is C19H20N4O2. The van der Waals surface area contributed by atoms with E-state index in [0.29, 0.717) is 5.69 Å². The molecule has 0 unspecified atom stereocenters. The van der Waals surface area contributed by atoms with Crippen LogP contribution in [0.5, 0.6) is 0 Å². The number of aryl methyl sites for hydroxylation is 2. The van der Waals surface area contributed by atoms with Crippen molar-refractivity contribution in [1.29, 1.82) is 0 Å². The van der Waals surface area contributed by atoms with Crippen LogP contribution in [0.2, 0.25) is 0 Å². The average Bonchev–Trinajstić information content (AvgIpc) is 2.58. The minimum Gasteiger partial charge on any atom is -0.326 e. The van der Waals surface area contributed by atoms with Crippen LogP contribution in [0.3, 0.4) is 0 Å². The number of anilines is 2. The number of guanidine groups is 1. The van der Waals surface area contributed by atoms with Crippen molar-refractivity contribution in [2.45, 2.75) is 26.3 Å². The van der Waals surface area contributed by atoms with Gasteiger partial charge in [-0.15, -0.1) is 0 Å². The Morgan fingerprint density at radius 2 is 1.84 bits per heavy atom. The van der Waals surface area contributed by atoms with Crippen LogP contribution < -0.4 is 16.0 Å². The highest BCUT2D eigenvalue weighted by Crippen LogP contribution is 2.16. The lowest BCUT2D eigenvalue weighted by molar-refractivity contribution is -0.124. The fraction of sp³-hybridized carbons (Fsp3) is 0.211. The van der Waals surface area contributed by atoms with Crippen LogP contribution in [0.4, 0.5) is 11.4 Å². The molecular weight excluding hydrogens is 316 g/mol. The second-order valence-corrected chi connectivity index (χ2v) is 6.03. The Morgan fingerprint density at radius 1 is 1.08 bits per heavy atom. The predicted molar refractivity (Wildman–Crippen MR) is 98.6 cm³/mol. The number of para-hydroxylation sites is 1. The zero-order chi connectivity index (χ0) is 17.8. The lowest BCUT2D eigenvalue weighted by Gasteiger charge is -2.21. The largest absolute Gasteiger partial charge is 0.326 e. The van der Waals surface area contributed by atoms with E-state index in [4.69, 9.17) is 0 Å². The monoisotopic (exact) mass is 336 g/mol. The highest BCUT2D eigenvalue weighted by Gasteiger charge is 2.27. The van der Waals surface area contributed by atoms with Gasteiger partial charge in [0.2, 0.25) is 17.8 Å². The molecule has 3 N–H and O–H groups in total. The molecule has 1 aliphatic rings. The summed E-state index contributed by atoms with van der Waals surface area (Å²) in [6, 6.07) is 14.3. The fourth-order valence-electron chi connectivity index (χ4n) is 2.51. The number of hydrogen-bond donors (Lipinski definition) is 3. The minimum absolute atomic E-state index is 0.0245. The van der Waals surface area contributed by atoms with Gasteiger partial charge >= 0.3 is 0 Å². The maximum atomic E-state index is 12.5. The molecule has 3 rings (SSSR count). The third-order valence-corrected chi connectivity index (χ3v) is 4.04. The van der Waals surface area contributed by atoms with Gasteiger partial charge in [0, 0.05) is 11.4 Å². The van der Waals surface area contributed by atoms with Gasteiger partial charge in [0.1, 0.15) is 6.04 Å². The van der Waals surface area contributed by atoms with E-state index in [1.165, 1.54) is 0 Å². The first kappa shape index (κ1) is 16.7. The predicted octanol–water partition coefficient (Wildman–Crippen LogP) is 2.60. The zero-order valence-electron chi connectivity index (χ0n) is 14.2. The van der Waals surface area contributed by atoms with Gasteiger partial charge in [0.15, 0.2) is 0 Å². The summed E-state index contributed by atoms with van der Waals surface area (Å²) in [6.07, 6.45) is 0.0245. The second-order valence-electron chi connectivity index (χ2n) is 6.03. The number of amides is 2. The van der Waals surface area contributed by atoms with Crippen LogP contribution in [-0.2, 0) is 9.59 Å². The van der Waals surface area contributed by atoms with Crippen molar-refractivity contribution in [3.63, 3.8) is 0 Å². The van der Waals surface area contributed by atoms with Gasteiger partial charge in [-0.05, 0) is 49.2 Å².